The lowest BCUT2D eigenvalue weighted by molar-refractivity contribution is 1.39. The molecule has 0 nitrogen and oxygen atoms in total. The van der Waals surface area contributed by atoms with E-state index in [4.69, 9.17) is 0 Å². The summed E-state index contributed by atoms with van der Waals surface area (Å²) in [6, 6.07) is 55.1. The summed E-state index contributed by atoms with van der Waals surface area (Å²) in [5.41, 5.74) is 18.3. The summed E-state index contributed by atoms with van der Waals surface area (Å²) >= 11 is 0. The van der Waals surface area contributed by atoms with Crippen molar-refractivity contribution in [1.82, 2.24) is 0 Å². The highest BCUT2D eigenvalue weighted by atomic mass is 14.4. The summed E-state index contributed by atoms with van der Waals surface area (Å²) in [5.74, 6) is 0. The first kappa shape index (κ1) is 28.2. The fourth-order valence-corrected chi connectivity index (χ4v) is 10.0. The number of rotatable bonds is 3. The van der Waals surface area contributed by atoms with Gasteiger partial charge in [0.25, 0.3) is 0 Å². The van der Waals surface area contributed by atoms with E-state index in [1.807, 2.05) is 0 Å². The van der Waals surface area contributed by atoms with Gasteiger partial charge in [0.05, 0.1) is 0 Å². The third-order valence-corrected chi connectivity index (χ3v) is 12.1. The van der Waals surface area contributed by atoms with E-state index in [1.54, 1.807) is 0 Å². The van der Waals surface area contributed by atoms with Gasteiger partial charge in [0.1, 0.15) is 0 Å². The minimum Gasteiger partial charge on any atom is -0.0622 e. The second kappa shape index (κ2) is 10.1. The monoisotopic (exact) mass is 656 g/mol. The van der Waals surface area contributed by atoms with Gasteiger partial charge < -0.3 is 0 Å². The quantitative estimate of drug-likeness (QED) is 0.131. The molecule has 0 heteroatoms. The molecule has 0 saturated carbocycles. The van der Waals surface area contributed by atoms with Crippen molar-refractivity contribution in [3.05, 3.63) is 168 Å². The van der Waals surface area contributed by atoms with E-state index >= 15 is 0 Å². The number of benzene rings is 10. The smallest absolute Gasteiger partial charge is 0.000718 e. The van der Waals surface area contributed by atoms with Crippen LogP contribution in [0.15, 0.2) is 146 Å². The average Bonchev–Trinajstić information content (AvgIpc) is 3.77. The molecule has 2 aliphatic rings. The van der Waals surface area contributed by atoms with Crippen molar-refractivity contribution in [3.8, 4) is 55.6 Å². The van der Waals surface area contributed by atoms with E-state index in [9.17, 15) is 0 Å². The van der Waals surface area contributed by atoms with Gasteiger partial charge in [-0.15, -0.1) is 0 Å². The van der Waals surface area contributed by atoms with Gasteiger partial charge in [-0.1, -0.05) is 163 Å². The van der Waals surface area contributed by atoms with Gasteiger partial charge in [0.2, 0.25) is 0 Å². The molecule has 0 radical (unpaired) electrons. The zero-order valence-electron chi connectivity index (χ0n) is 29.0. The largest absolute Gasteiger partial charge is 0.0622 e. The molecule has 240 valence electrons. The Morgan fingerprint density at radius 3 is 1.42 bits per heavy atom. The molecule has 0 unspecified atom stereocenters. The lowest BCUT2D eigenvalue weighted by atomic mass is 9.80. The van der Waals surface area contributed by atoms with Crippen molar-refractivity contribution in [2.45, 2.75) is 13.8 Å². The SMILES string of the molecule is Cc1ccc(-c2c3c(c(-c4ccccc4-c4ccccc4)c4ccccc24)-c2ccc4c5ccc6c7c(ccc(c8ccc-3c2c84)c75)C=C6)c(C)c1. The van der Waals surface area contributed by atoms with Gasteiger partial charge in [-0.05, 0) is 140 Å². The van der Waals surface area contributed by atoms with Crippen LogP contribution in [0.1, 0.15) is 22.3 Å². The maximum atomic E-state index is 2.44. The Morgan fingerprint density at radius 2 is 0.808 bits per heavy atom. The Morgan fingerprint density at radius 1 is 0.308 bits per heavy atom. The normalized spacial score (nSPS) is 12.7. The van der Waals surface area contributed by atoms with Crippen LogP contribution in [0.2, 0.25) is 0 Å². The third kappa shape index (κ3) is 3.52. The molecular weight excluding hydrogens is 625 g/mol. The van der Waals surface area contributed by atoms with Crippen molar-refractivity contribution >= 4 is 66.0 Å². The van der Waals surface area contributed by atoms with E-state index in [2.05, 4.69) is 172 Å². The highest BCUT2D eigenvalue weighted by Crippen LogP contribution is 2.60. The molecule has 0 aromatic heterocycles. The fourth-order valence-electron chi connectivity index (χ4n) is 10.0. The minimum atomic E-state index is 1.23. The van der Waals surface area contributed by atoms with Crippen molar-refractivity contribution in [2.24, 2.45) is 0 Å². The van der Waals surface area contributed by atoms with Gasteiger partial charge in [-0.2, -0.15) is 0 Å². The number of fused-ring (bicyclic) bond motifs is 6. The molecule has 0 bridgehead atoms. The van der Waals surface area contributed by atoms with Gasteiger partial charge in [0.15, 0.2) is 0 Å². The number of hydrogen-bond donors (Lipinski definition) is 0. The number of hydrogen-bond acceptors (Lipinski definition) is 0. The van der Waals surface area contributed by atoms with Crippen molar-refractivity contribution in [3.63, 3.8) is 0 Å². The molecule has 2 aliphatic carbocycles. The molecule has 12 rings (SSSR count). The molecule has 10 aromatic rings. The third-order valence-electron chi connectivity index (χ3n) is 12.1. The first-order valence-corrected chi connectivity index (χ1v) is 18.4. The zero-order chi connectivity index (χ0) is 34.2. The molecule has 10 aromatic carbocycles. The molecule has 0 N–H and O–H groups in total. The van der Waals surface area contributed by atoms with Gasteiger partial charge in [-0.3, -0.25) is 0 Å². The molecular formula is C52H32. The summed E-state index contributed by atoms with van der Waals surface area (Å²) in [6.07, 6.45) is 4.54. The Hall–Kier alpha value is -6.50. The molecule has 0 fully saturated rings. The summed E-state index contributed by atoms with van der Waals surface area (Å²) in [7, 11) is 0. The van der Waals surface area contributed by atoms with Crippen molar-refractivity contribution < 1.29 is 0 Å². The van der Waals surface area contributed by atoms with Gasteiger partial charge >= 0.3 is 0 Å². The van der Waals surface area contributed by atoms with Crippen LogP contribution in [0.5, 0.6) is 0 Å². The van der Waals surface area contributed by atoms with Crippen LogP contribution in [0.25, 0.3) is 122 Å². The summed E-state index contributed by atoms with van der Waals surface area (Å²) < 4.78 is 0. The van der Waals surface area contributed by atoms with Gasteiger partial charge in [0, 0.05) is 0 Å². The van der Waals surface area contributed by atoms with Crippen LogP contribution in [-0.2, 0) is 0 Å². The molecule has 0 amide bonds. The zero-order valence-corrected chi connectivity index (χ0v) is 29.0. The van der Waals surface area contributed by atoms with Crippen LogP contribution in [0.3, 0.4) is 0 Å². The average molecular weight is 657 g/mol. The predicted octanol–water partition coefficient (Wildman–Crippen LogP) is 14.6. The molecule has 0 atom stereocenters. The Bertz CT molecular complexity index is 3170. The Labute approximate surface area is 302 Å². The fraction of sp³-hybridized carbons (Fsp3) is 0.0385. The van der Waals surface area contributed by atoms with Crippen LogP contribution in [-0.4, -0.2) is 0 Å². The highest BCUT2D eigenvalue weighted by molar-refractivity contribution is 6.40. The maximum absolute atomic E-state index is 2.44. The topological polar surface area (TPSA) is 0 Å². The number of aryl methyl sites for hydroxylation is 2. The summed E-state index contributed by atoms with van der Waals surface area (Å²) in [6.45, 7) is 4.48. The lowest BCUT2D eigenvalue weighted by Crippen LogP contribution is -1.96. The van der Waals surface area contributed by atoms with Crippen LogP contribution in [0, 0.1) is 13.8 Å². The second-order valence-corrected chi connectivity index (χ2v) is 14.8. The van der Waals surface area contributed by atoms with Crippen LogP contribution >= 0.6 is 0 Å². The van der Waals surface area contributed by atoms with E-state index in [1.165, 1.54) is 132 Å². The standard InChI is InChI=1S/C52H32/c1-29-16-21-34(30(2)28-29)46-37-14-8-9-15-38(37)49(36-13-7-6-12-35(36)31-10-4-3-5-11-31)52-44-27-25-42-40-23-20-33-18-17-32-19-22-39(47(40)45(32)33)41-24-26-43(51(46)52)50(44)48(41)42/h3-28H,1-2H3. The predicted molar refractivity (Wildman–Crippen MR) is 224 cm³/mol. The highest BCUT2D eigenvalue weighted by Gasteiger charge is 2.33. The van der Waals surface area contributed by atoms with Crippen LogP contribution in [0.4, 0.5) is 0 Å². The summed E-state index contributed by atoms with van der Waals surface area (Å²) in [4.78, 5) is 0. The minimum absolute atomic E-state index is 1.23. The van der Waals surface area contributed by atoms with E-state index in [0.717, 1.165) is 0 Å². The van der Waals surface area contributed by atoms with Gasteiger partial charge in [-0.25, -0.2) is 0 Å². The van der Waals surface area contributed by atoms with E-state index in [-0.39, 0.29) is 0 Å². The first-order valence-electron chi connectivity index (χ1n) is 18.4. The Kier molecular flexibility index (Phi) is 5.46. The molecule has 52 heavy (non-hydrogen) atoms. The van der Waals surface area contributed by atoms with Crippen molar-refractivity contribution in [2.75, 3.05) is 0 Å². The Balaban J connectivity index is 1.30. The summed E-state index contributed by atoms with van der Waals surface area (Å²) in [5, 5.41) is 13.5. The molecule has 0 spiro atoms. The lowest BCUT2D eigenvalue weighted by Gasteiger charge is -2.23. The van der Waals surface area contributed by atoms with Crippen LogP contribution < -0.4 is 0 Å². The van der Waals surface area contributed by atoms with E-state index < -0.39 is 0 Å². The van der Waals surface area contributed by atoms with E-state index in [0.29, 0.717) is 0 Å². The first-order chi connectivity index (χ1) is 25.7. The van der Waals surface area contributed by atoms with Crippen molar-refractivity contribution in [1.29, 1.82) is 0 Å². The molecule has 0 aliphatic heterocycles. The maximum Gasteiger partial charge on any atom is -0.000718 e. The molecule has 0 saturated heterocycles. The molecule has 0 heterocycles. The second-order valence-electron chi connectivity index (χ2n) is 14.8.